The Labute approximate surface area is 180 Å². The summed E-state index contributed by atoms with van der Waals surface area (Å²) in [7, 11) is 0. The Morgan fingerprint density at radius 2 is 1.77 bits per heavy atom. The Hall–Kier alpha value is -2.97. The number of ether oxygens (including phenoxy) is 2. The number of nitrogens with zero attached hydrogens (tertiary/aromatic N) is 1. The van der Waals surface area contributed by atoms with Crippen molar-refractivity contribution < 1.29 is 19.1 Å². The predicted molar refractivity (Wildman–Crippen MR) is 117 cm³/mol. The lowest BCUT2D eigenvalue weighted by atomic mass is 10.1. The lowest BCUT2D eigenvalue weighted by molar-refractivity contribution is -0.114. The molecule has 0 atom stereocenters. The maximum Gasteiger partial charge on any atom is 0.423 e. The molecule has 158 valence electrons. The number of rotatable bonds is 6. The molecule has 0 saturated heterocycles. The molecule has 1 heterocycles. The second-order valence-electron chi connectivity index (χ2n) is 7.68. The van der Waals surface area contributed by atoms with Crippen molar-refractivity contribution in [3.05, 3.63) is 71.3 Å². The lowest BCUT2D eigenvalue weighted by Crippen LogP contribution is -2.41. The molecule has 1 aliphatic heterocycles. The summed E-state index contributed by atoms with van der Waals surface area (Å²) in [6, 6.07) is 17.2. The summed E-state index contributed by atoms with van der Waals surface area (Å²) in [5, 5.41) is 0. The highest BCUT2D eigenvalue weighted by Crippen LogP contribution is 2.42. The molecule has 3 rings (SSSR count). The van der Waals surface area contributed by atoms with Crippen molar-refractivity contribution in [1.29, 1.82) is 0 Å². The van der Waals surface area contributed by atoms with Crippen molar-refractivity contribution in [2.75, 3.05) is 6.54 Å². The molecule has 0 aromatic heterocycles. The highest BCUT2D eigenvalue weighted by molar-refractivity contribution is 8.06. The number of benzene rings is 2. The van der Waals surface area contributed by atoms with Gasteiger partial charge in [0.15, 0.2) is 0 Å². The summed E-state index contributed by atoms with van der Waals surface area (Å²) < 4.78 is 12.8. The van der Waals surface area contributed by atoms with Gasteiger partial charge in [0.25, 0.3) is 0 Å². The summed E-state index contributed by atoms with van der Waals surface area (Å²) in [6.45, 7) is 5.89. The quantitative estimate of drug-likeness (QED) is 0.680. The number of amides is 2. The van der Waals surface area contributed by atoms with Crippen molar-refractivity contribution in [2.24, 2.45) is 5.73 Å². The van der Waals surface area contributed by atoms with Gasteiger partial charge in [-0.25, -0.2) is 10.2 Å². The number of hydrogen-bond acceptors (Lipinski definition) is 6. The smallest absolute Gasteiger partial charge is 0.423 e. The number of nitrogens with two attached hydrogens (primary N) is 1. The minimum absolute atomic E-state index is 0.154. The van der Waals surface area contributed by atoms with E-state index >= 15 is 0 Å². The van der Waals surface area contributed by atoms with Crippen LogP contribution in [0.3, 0.4) is 0 Å². The van der Waals surface area contributed by atoms with Crippen molar-refractivity contribution in [3.63, 3.8) is 0 Å². The fourth-order valence-electron chi connectivity index (χ4n) is 2.80. The molecular formula is C22H25N3O4S. The minimum atomic E-state index is -0.630. The molecule has 1 aliphatic rings. The van der Waals surface area contributed by atoms with Crippen LogP contribution in [-0.2, 0) is 16.1 Å². The van der Waals surface area contributed by atoms with Gasteiger partial charge in [0.05, 0.1) is 6.54 Å². The van der Waals surface area contributed by atoms with Crippen molar-refractivity contribution in [3.8, 4) is 5.75 Å². The standard InChI is InChI=1S/C22H25N3O4S/c1-22(2,3)29-21(27)24-25-13-17(20(23)26)19(30-25)16-11-7-8-12-18(16)28-14-15-9-5-4-6-10-15/h4-12H,13-14H2,1-3H3,(H2,23,26)(H,24,27). The summed E-state index contributed by atoms with van der Waals surface area (Å²) in [5.74, 6) is 0.0746. The Morgan fingerprint density at radius 3 is 2.43 bits per heavy atom. The fourth-order valence-corrected chi connectivity index (χ4v) is 3.87. The number of carbonyl (C=O) groups is 2. The largest absolute Gasteiger partial charge is 0.488 e. The Morgan fingerprint density at radius 1 is 1.10 bits per heavy atom. The summed E-state index contributed by atoms with van der Waals surface area (Å²) >= 11 is 1.21. The molecule has 2 aromatic carbocycles. The zero-order chi connectivity index (χ0) is 21.7. The maximum atomic E-state index is 12.1. The normalized spacial score (nSPS) is 14.5. The van der Waals surface area contributed by atoms with Crippen LogP contribution in [0.15, 0.2) is 60.2 Å². The van der Waals surface area contributed by atoms with Crippen LogP contribution >= 0.6 is 11.9 Å². The molecular weight excluding hydrogens is 402 g/mol. The SMILES string of the molecule is CC(C)(C)OC(=O)NN1CC(C(N)=O)=C(c2ccccc2OCc2ccccc2)S1. The minimum Gasteiger partial charge on any atom is -0.488 e. The third-order valence-electron chi connectivity index (χ3n) is 4.06. The number of hydrogen-bond donors (Lipinski definition) is 2. The van der Waals surface area contributed by atoms with E-state index in [1.54, 1.807) is 20.8 Å². The molecule has 0 fully saturated rings. The second kappa shape index (κ2) is 9.23. The summed E-state index contributed by atoms with van der Waals surface area (Å²) in [4.78, 5) is 24.8. The predicted octanol–water partition coefficient (Wildman–Crippen LogP) is 3.87. The van der Waals surface area contributed by atoms with Crippen LogP contribution in [0, 0.1) is 0 Å². The van der Waals surface area contributed by atoms with E-state index in [0.717, 1.165) is 11.1 Å². The first-order chi connectivity index (χ1) is 14.2. The van der Waals surface area contributed by atoms with Crippen LogP contribution in [0.2, 0.25) is 0 Å². The van der Waals surface area contributed by atoms with E-state index in [4.69, 9.17) is 15.2 Å². The van der Waals surface area contributed by atoms with Crippen LogP contribution in [0.4, 0.5) is 4.79 Å². The van der Waals surface area contributed by atoms with Crippen molar-refractivity contribution in [2.45, 2.75) is 33.0 Å². The molecule has 8 heteroatoms. The first-order valence-corrected chi connectivity index (χ1v) is 10.2. The molecule has 3 N–H and O–H groups in total. The van der Waals surface area contributed by atoms with Gasteiger partial charge in [-0.15, -0.1) is 0 Å². The van der Waals surface area contributed by atoms with E-state index in [9.17, 15) is 9.59 Å². The molecule has 7 nitrogen and oxygen atoms in total. The van der Waals surface area contributed by atoms with E-state index in [1.807, 2.05) is 54.6 Å². The van der Waals surface area contributed by atoms with Gasteiger partial charge in [0.1, 0.15) is 18.0 Å². The number of nitrogens with one attached hydrogen (secondary N) is 1. The molecule has 0 bridgehead atoms. The topological polar surface area (TPSA) is 93.9 Å². The van der Waals surface area contributed by atoms with Crippen LogP contribution in [-0.4, -0.2) is 28.6 Å². The van der Waals surface area contributed by atoms with Gasteiger partial charge in [0.2, 0.25) is 5.91 Å². The molecule has 0 saturated carbocycles. The highest BCUT2D eigenvalue weighted by Gasteiger charge is 2.31. The van der Waals surface area contributed by atoms with Gasteiger partial charge in [-0.2, -0.15) is 4.41 Å². The van der Waals surface area contributed by atoms with Gasteiger partial charge >= 0.3 is 6.09 Å². The second-order valence-corrected chi connectivity index (χ2v) is 8.72. The molecule has 30 heavy (non-hydrogen) atoms. The fraction of sp³-hybridized carbons (Fsp3) is 0.273. The van der Waals surface area contributed by atoms with Crippen LogP contribution < -0.4 is 15.9 Å². The number of para-hydroxylation sites is 1. The van der Waals surface area contributed by atoms with E-state index in [0.29, 0.717) is 22.8 Å². The third-order valence-corrected chi connectivity index (χ3v) is 5.15. The average Bonchev–Trinajstić information content (AvgIpc) is 3.09. The molecule has 2 amide bonds. The Kier molecular flexibility index (Phi) is 6.69. The molecule has 2 aromatic rings. The number of carbonyl (C=O) groups excluding carboxylic acids is 2. The lowest BCUT2D eigenvalue weighted by Gasteiger charge is -2.22. The van der Waals surface area contributed by atoms with Crippen LogP contribution in [0.1, 0.15) is 31.9 Å². The zero-order valence-electron chi connectivity index (χ0n) is 17.2. The van der Waals surface area contributed by atoms with Crippen LogP contribution in [0.25, 0.3) is 4.91 Å². The van der Waals surface area contributed by atoms with Gasteiger partial charge in [-0.1, -0.05) is 48.5 Å². The number of primary amides is 1. The third kappa shape index (κ3) is 5.77. The molecule has 0 aliphatic carbocycles. The number of hydrazine groups is 1. The maximum absolute atomic E-state index is 12.1. The summed E-state index contributed by atoms with van der Waals surface area (Å²) in [6.07, 6.45) is -0.603. The Balaban J connectivity index is 1.78. The van der Waals surface area contributed by atoms with E-state index in [1.165, 1.54) is 16.4 Å². The first-order valence-electron chi connectivity index (χ1n) is 9.47. The van der Waals surface area contributed by atoms with E-state index in [2.05, 4.69) is 5.43 Å². The monoisotopic (exact) mass is 427 g/mol. The molecule has 0 spiro atoms. The highest BCUT2D eigenvalue weighted by atomic mass is 32.2. The average molecular weight is 428 g/mol. The van der Waals surface area contributed by atoms with E-state index < -0.39 is 17.6 Å². The van der Waals surface area contributed by atoms with Crippen LogP contribution in [0.5, 0.6) is 5.75 Å². The zero-order valence-corrected chi connectivity index (χ0v) is 18.0. The van der Waals surface area contributed by atoms with Crippen molar-refractivity contribution >= 4 is 28.9 Å². The summed E-state index contributed by atoms with van der Waals surface area (Å²) in [5.41, 5.74) is 9.79. The van der Waals surface area contributed by atoms with Gasteiger partial charge in [0, 0.05) is 16.0 Å². The van der Waals surface area contributed by atoms with E-state index in [-0.39, 0.29) is 6.54 Å². The van der Waals surface area contributed by atoms with Gasteiger partial charge < -0.3 is 15.2 Å². The van der Waals surface area contributed by atoms with Crippen molar-refractivity contribution in [1.82, 2.24) is 9.84 Å². The molecule has 0 radical (unpaired) electrons. The molecule has 0 unspecified atom stereocenters. The first kappa shape index (κ1) is 21.7. The van der Waals surface area contributed by atoms with Gasteiger partial charge in [-0.3, -0.25) is 4.79 Å². The Bertz CT molecular complexity index is 954. The van der Waals surface area contributed by atoms with Gasteiger partial charge in [-0.05, 0) is 44.3 Å².